The van der Waals surface area contributed by atoms with E-state index in [9.17, 15) is 18.0 Å². The summed E-state index contributed by atoms with van der Waals surface area (Å²) in [6, 6.07) is 7.26. The molecular formula is C17H14F3N3O3. The molecule has 1 aromatic carbocycles. The van der Waals surface area contributed by atoms with E-state index in [4.69, 9.17) is 4.42 Å². The molecule has 3 heterocycles. The van der Waals surface area contributed by atoms with Crippen LogP contribution in [0.4, 0.5) is 23.7 Å². The third-order valence-electron chi connectivity index (χ3n) is 4.27. The van der Waals surface area contributed by atoms with Crippen LogP contribution in [0.3, 0.4) is 0 Å². The summed E-state index contributed by atoms with van der Waals surface area (Å²) in [5.41, 5.74) is 0.374. The topological polar surface area (TPSA) is 71.5 Å². The van der Waals surface area contributed by atoms with E-state index in [1.807, 2.05) is 6.07 Å². The summed E-state index contributed by atoms with van der Waals surface area (Å²) in [6.07, 6.45) is -1.47. The van der Waals surface area contributed by atoms with Crippen molar-refractivity contribution in [1.29, 1.82) is 0 Å². The summed E-state index contributed by atoms with van der Waals surface area (Å²) in [5.74, 6) is -0.604. The van der Waals surface area contributed by atoms with Crippen molar-refractivity contribution >= 4 is 22.8 Å². The molecule has 2 amide bonds. The maximum atomic E-state index is 12.7. The Hall–Kier alpha value is -2.97. The molecule has 1 fully saturated rings. The zero-order valence-corrected chi connectivity index (χ0v) is 13.4. The number of hydrogen-bond donors (Lipinski definition) is 1. The lowest BCUT2D eigenvalue weighted by atomic mass is 10.2. The molecule has 9 heteroatoms. The first kappa shape index (κ1) is 16.5. The van der Waals surface area contributed by atoms with Crippen LogP contribution in [0.1, 0.15) is 30.5 Å². The summed E-state index contributed by atoms with van der Waals surface area (Å²) in [6.45, 7) is 0.571. The minimum Gasteiger partial charge on any atom is -0.467 e. The number of nitrogens with zero attached hydrogens (tertiary/aromatic N) is 2. The van der Waals surface area contributed by atoms with Crippen molar-refractivity contribution in [3.63, 3.8) is 0 Å². The van der Waals surface area contributed by atoms with Crippen LogP contribution >= 0.6 is 0 Å². The maximum Gasteiger partial charge on any atom is 0.468 e. The van der Waals surface area contributed by atoms with Gasteiger partial charge in [0.05, 0.1) is 12.3 Å². The minimum absolute atomic E-state index is 0.00459. The molecule has 0 aliphatic carbocycles. The minimum atomic E-state index is -4.66. The highest BCUT2D eigenvalue weighted by molar-refractivity contribution is 5.92. The number of benzene rings is 1. The molecule has 0 unspecified atom stereocenters. The number of alkyl halides is 3. The van der Waals surface area contributed by atoms with Crippen LogP contribution < -0.4 is 5.32 Å². The van der Waals surface area contributed by atoms with Crippen molar-refractivity contribution in [2.24, 2.45) is 0 Å². The lowest BCUT2D eigenvalue weighted by Crippen LogP contribution is -2.34. The Balaban J connectivity index is 1.54. The van der Waals surface area contributed by atoms with Crippen LogP contribution in [0.25, 0.3) is 11.1 Å². The molecule has 0 radical (unpaired) electrons. The molecule has 1 aliphatic heterocycles. The predicted octanol–water partition coefficient (Wildman–Crippen LogP) is 4.81. The van der Waals surface area contributed by atoms with E-state index in [2.05, 4.69) is 14.7 Å². The number of carbonyl (C=O) groups excluding carboxylic acids is 1. The second-order valence-corrected chi connectivity index (χ2v) is 6.00. The number of fused-ring (bicyclic) bond motifs is 1. The summed E-state index contributed by atoms with van der Waals surface area (Å²) >= 11 is 0. The third kappa shape index (κ3) is 3.00. The van der Waals surface area contributed by atoms with Crippen LogP contribution in [0, 0.1) is 0 Å². The fourth-order valence-electron chi connectivity index (χ4n) is 3.11. The lowest BCUT2D eigenvalue weighted by molar-refractivity contribution is -0.156. The fraction of sp³-hybridized carbons (Fsp3) is 0.294. The SMILES string of the molecule is O=C(Nc1ccc2oc(C(F)(F)F)nc2c1)N1CCC[C@H]1c1ccco1. The molecule has 4 rings (SSSR count). The molecule has 1 N–H and O–H groups in total. The molecular weight excluding hydrogens is 351 g/mol. The van der Waals surface area contributed by atoms with Crippen molar-refractivity contribution in [3.8, 4) is 0 Å². The van der Waals surface area contributed by atoms with Crippen molar-refractivity contribution in [1.82, 2.24) is 9.88 Å². The third-order valence-corrected chi connectivity index (χ3v) is 4.27. The first-order valence-electron chi connectivity index (χ1n) is 8.00. The molecule has 0 saturated carbocycles. The van der Waals surface area contributed by atoms with Gasteiger partial charge in [0.25, 0.3) is 0 Å². The van der Waals surface area contributed by atoms with Gasteiger partial charge in [-0.1, -0.05) is 0 Å². The summed E-state index contributed by atoms with van der Waals surface area (Å²) in [5, 5.41) is 2.70. The monoisotopic (exact) mass is 365 g/mol. The molecule has 3 aromatic rings. The first-order valence-corrected chi connectivity index (χ1v) is 8.00. The summed E-state index contributed by atoms with van der Waals surface area (Å²) < 4.78 is 48.1. The highest BCUT2D eigenvalue weighted by Crippen LogP contribution is 2.34. The van der Waals surface area contributed by atoms with E-state index in [1.165, 1.54) is 18.2 Å². The van der Waals surface area contributed by atoms with Gasteiger partial charge >= 0.3 is 18.1 Å². The van der Waals surface area contributed by atoms with E-state index >= 15 is 0 Å². The zero-order valence-electron chi connectivity index (χ0n) is 13.4. The number of anilines is 1. The molecule has 2 aromatic heterocycles. The fourth-order valence-corrected chi connectivity index (χ4v) is 3.11. The number of furan rings is 1. The van der Waals surface area contributed by atoms with E-state index in [1.54, 1.807) is 17.2 Å². The Bertz CT molecular complexity index is 934. The van der Waals surface area contributed by atoms with Gasteiger partial charge in [-0.3, -0.25) is 0 Å². The number of amides is 2. The number of likely N-dealkylation sites (tertiary alicyclic amines) is 1. The van der Waals surface area contributed by atoms with Crippen molar-refractivity contribution < 1.29 is 26.8 Å². The van der Waals surface area contributed by atoms with Gasteiger partial charge in [0.15, 0.2) is 5.58 Å². The molecule has 136 valence electrons. The Kier molecular flexibility index (Phi) is 3.86. The number of oxazole rings is 1. The van der Waals surface area contributed by atoms with Crippen molar-refractivity contribution in [2.45, 2.75) is 25.1 Å². The predicted molar refractivity (Wildman–Crippen MR) is 85.4 cm³/mol. The first-order chi connectivity index (χ1) is 12.4. The molecule has 0 bridgehead atoms. The molecule has 1 aliphatic rings. The van der Waals surface area contributed by atoms with E-state index in [0.717, 1.165) is 12.8 Å². The normalized spacial score (nSPS) is 17.8. The molecule has 0 spiro atoms. The van der Waals surface area contributed by atoms with Gasteiger partial charge in [-0.25, -0.2) is 9.78 Å². The standard InChI is InChI=1S/C17H14F3N3O3/c18-17(19,20)15-22-11-9-10(5-6-13(11)26-15)21-16(24)23-7-1-3-12(23)14-4-2-8-25-14/h2,4-6,8-9,12H,1,3,7H2,(H,21,24)/t12-/m0/s1. The number of aromatic nitrogens is 1. The van der Waals surface area contributed by atoms with Gasteiger partial charge in [0.2, 0.25) is 0 Å². The smallest absolute Gasteiger partial charge is 0.467 e. The Morgan fingerprint density at radius 2 is 2.15 bits per heavy atom. The van der Waals surface area contributed by atoms with Gasteiger partial charge in [0, 0.05) is 12.2 Å². The van der Waals surface area contributed by atoms with Gasteiger partial charge in [-0.05, 0) is 43.2 Å². The summed E-state index contributed by atoms with van der Waals surface area (Å²) in [7, 11) is 0. The average Bonchev–Trinajstić information content (AvgIpc) is 3.32. The van der Waals surface area contributed by atoms with Gasteiger partial charge < -0.3 is 19.1 Å². The van der Waals surface area contributed by atoms with Crippen LogP contribution in [-0.4, -0.2) is 22.5 Å². The Labute approximate surface area is 145 Å². The molecule has 1 atom stereocenters. The second-order valence-electron chi connectivity index (χ2n) is 6.00. The highest BCUT2D eigenvalue weighted by atomic mass is 19.4. The quantitative estimate of drug-likeness (QED) is 0.707. The second kappa shape index (κ2) is 6.08. The molecule has 26 heavy (non-hydrogen) atoms. The average molecular weight is 365 g/mol. The van der Waals surface area contributed by atoms with Crippen LogP contribution in [0.15, 0.2) is 45.4 Å². The largest absolute Gasteiger partial charge is 0.468 e. The van der Waals surface area contributed by atoms with Gasteiger partial charge in [-0.2, -0.15) is 13.2 Å². The Morgan fingerprint density at radius 1 is 1.31 bits per heavy atom. The van der Waals surface area contributed by atoms with Crippen molar-refractivity contribution in [2.75, 3.05) is 11.9 Å². The summed E-state index contributed by atoms with van der Waals surface area (Å²) in [4.78, 5) is 17.6. The van der Waals surface area contributed by atoms with E-state index < -0.39 is 12.1 Å². The van der Waals surface area contributed by atoms with Gasteiger partial charge in [-0.15, -0.1) is 0 Å². The number of hydrogen-bond acceptors (Lipinski definition) is 4. The van der Waals surface area contributed by atoms with E-state index in [0.29, 0.717) is 18.0 Å². The molecule has 1 saturated heterocycles. The number of nitrogens with one attached hydrogen (secondary N) is 1. The maximum absolute atomic E-state index is 12.7. The van der Waals surface area contributed by atoms with E-state index in [-0.39, 0.29) is 23.2 Å². The number of rotatable bonds is 2. The highest BCUT2D eigenvalue weighted by Gasteiger charge is 2.37. The van der Waals surface area contributed by atoms with Crippen molar-refractivity contribution in [3.05, 3.63) is 48.2 Å². The molecule has 6 nitrogen and oxygen atoms in total. The van der Waals surface area contributed by atoms with Crippen LogP contribution in [0.2, 0.25) is 0 Å². The number of halogens is 3. The Morgan fingerprint density at radius 3 is 2.88 bits per heavy atom. The van der Waals surface area contributed by atoms with Gasteiger partial charge in [0.1, 0.15) is 11.3 Å². The number of carbonyl (C=O) groups is 1. The van der Waals surface area contributed by atoms with Crippen LogP contribution in [0.5, 0.6) is 0 Å². The van der Waals surface area contributed by atoms with Crippen LogP contribution in [-0.2, 0) is 6.18 Å². The lowest BCUT2D eigenvalue weighted by Gasteiger charge is -2.23. The zero-order chi connectivity index (χ0) is 18.3. The number of urea groups is 1.